The fourth-order valence-electron chi connectivity index (χ4n) is 5.22. The molecule has 2 aliphatic heterocycles. The number of carbonyl (C=O) groups is 3. The molecule has 2 unspecified atom stereocenters. The Kier molecular flexibility index (Phi) is 8.04. The Bertz CT molecular complexity index is 1640. The van der Waals surface area contributed by atoms with Crippen molar-refractivity contribution in [1.82, 2.24) is 29.7 Å². The maximum absolute atomic E-state index is 12.5. The summed E-state index contributed by atoms with van der Waals surface area (Å²) >= 11 is 0. The zero-order valence-corrected chi connectivity index (χ0v) is 23.5. The van der Waals surface area contributed by atoms with Crippen LogP contribution >= 0.6 is 0 Å². The van der Waals surface area contributed by atoms with E-state index in [1.807, 2.05) is 0 Å². The molecule has 3 fully saturated rings. The minimum Gasteiger partial charge on any atom is -0.478 e. The molecule has 6 N–H and O–H groups in total. The van der Waals surface area contributed by atoms with Crippen molar-refractivity contribution >= 4 is 35.0 Å². The van der Waals surface area contributed by atoms with Crippen LogP contribution in [-0.4, -0.2) is 95.2 Å². The van der Waals surface area contributed by atoms with Gasteiger partial charge in [-0.25, -0.2) is 24.5 Å². The fourth-order valence-corrected chi connectivity index (χ4v) is 5.22. The monoisotopic (exact) mass is 605 g/mol. The van der Waals surface area contributed by atoms with Gasteiger partial charge in [0.25, 0.3) is 5.91 Å². The first-order valence-electron chi connectivity index (χ1n) is 14.3. The lowest BCUT2D eigenvalue weighted by Crippen LogP contribution is -2.43. The minimum absolute atomic E-state index is 0.0677. The first kappa shape index (κ1) is 29.3. The number of likely N-dealkylation sites (tertiary alicyclic amines) is 1. The molecule has 44 heavy (non-hydrogen) atoms. The van der Waals surface area contributed by atoms with Crippen LogP contribution < -0.4 is 15.8 Å². The Balaban J connectivity index is 1.06. The van der Waals surface area contributed by atoms with Gasteiger partial charge >= 0.3 is 12.1 Å². The van der Waals surface area contributed by atoms with Gasteiger partial charge in [-0.3, -0.25) is 9.36 Å². The molecule has 1 saturated carbocycles. The summed E-state index contributed by atoms with van der Waals surface area (Å²) in [7, 11) is 0. The average Bonchev–Trinajstić information content (AvgIpc) is 3.64. The number of imidazole rings is 1. The number of aliphatic hydroxyl groups is 2. The zero-order valence-electron chi connectivity index (χ0n) is 23.5. The highest BCUT2D eigenvalue weighted by Gasteiger charge is 2.48. The number of aromatic nitrogens is 4. The predicted octanol–water partition coefficient (Wildman–Crippen LogP) is 0.657. The molecule has 2 aromatic heterocycles. The number of nitrogens with one attached hydrogen (secondary N) is 1. The van der Waals surface area contributed by atoms with Crippen LogP contribution in [0.2, 0.25) is 0 Å². The van der Waals surface area contributed by atoms with Gasteiger partial charge in [-0.05, 0) is 61.8 Å². The first-order chi connectivity index (χ1) is 21.2. The molecular formula is C29H31N7O8. The Morgan fingerprint density at radius 1 is 1.07 bits per heavy atom. The molecule has 0 bridgehead atoms. The standard InChI is InChI=1S/C29H31N7O8/c30-24-20-25(36(14-31-20)27-22(38)21(37)23(44-27)26(39)32-17-6-7-17)34-19(33-24)3-1-2-15-10-12-35(13-11-15)29(42)43-18-8-4-16(5-9-18)28(40)41/h4-5,8-9,14-15,17,21-23,27,37-38H,2,6-7,10-13H2,(H,32,39)(H,40,41)(H2,30,33,34)/t21-,22+,23?,27?/m1/s1. The van der Waals surface area contributed by atoms with Crippen molar-refractivity contribution in [3.8, 4) is 17.6 Å². The Morgan fingerprint density at radius 2 is 1.80 bits per heavy atom. The third kappa shape index (κ3) is 6.13. The van der Waals surface area contributed by atoms with Crippen LogP contribution in [0.15, 0.2) is 30.6 Å². The van der Waals surface area contributed by atoms with Crippen LogP contribution in [-0.2, 0) is 9.53 Å². The van der Waals surface area contributed by atoms with Crippen molar-refractivity contribution < 1.29 is 39.2 Å². The van der Waals surface area contributed by atoms with E-state index >= 15 is 0 Å². The van der Waals surface area contributed by atoms with E-state index in [0.717, 1.165) is 12.8 Å². The molecular weight excluding hydrogens is 574 g/mol. The van der Waals surface area contributed by atoms with Crippen molar-refractivity contribution in [2.45, 2.75) is 62.7 Å². The Hall–Kier alpha value is -4.78. The number of aliphatic hydroxyl groups excluding tert-OH is 2. The number of carboxylic acid groups (broad SMARTS) is 1. The summed E-state index contributed by atoms with van der Waals surface area (Å²) in [5.74, 6) is 5.20. The van der Waals surface area contributed by atoms with Crippen LogP contribution in [0.3, 0.4) is 0 Å². The number of nitrogens with two attached hydrogens (primary N) is 1. The summed E-state index contributed by atoms with van der Waals surface area (Å²) in [5, 5.41) is 32.9. The predicted molar refractivity (Wildman–Crippen MR) is 152 cm³/mol. The number of rotatable bonds is 6. The molecule has 15 nitrogen and oxygen atoms in total. The van der Waals surface area contributed by atoms with Gasteiger partial charge in [0.2, 0.25) is 5.82 Å². The highest BCUT2D eigenvalue weighted by molar-refractivity contribution is 5.87. The molecule has 0 spiro atoms. The molecule has 1 aromatic carbocycles. The first-order valence-corrected chi connectivity index (χ1v) is 14.3. The van der Waals surface area contributed by atoms with Gasteiger partial charge in [-0.1, -0.05) is 5.92 Å². The lowest BCUT2D eigenvalue weighted by Gasteiger charge is -2.30. The van der Waals surface area contributed by atoms with Crippen LogP contribution in [0, 0.1) is 17.8 Å². The van der Waals surface area contributed by atoms with Crippen LogP contribution in [0.4, 0.5) is 10.6 Å². The quantitative estimate of drug-likeness (QED) is 0.245. The fraction of sp³-hybridized carbons (Fsp3) is 0.448. The number of amides is 2. The Labute approximate surface area is 251 Å². The molecule has 2 amide bonds. The SMILES string of the molecule is Nc1nc(C#CCC2CCN(C(=O)Oc3ccc(C(=O)O)cc3)CC2)nc2c1ncn2C1OC(C(=O)NC2CC2)[C@H](O)[C@@H]1O. The van der Waals surface area contributed by atoms with E-state index in [4.69, 9.17) is 20.3 Å². The molecule has 1 aliphatic carbocycles. The van der Waals surface area contributed by atoms with Gasteiger partial charge < -0.3 is 40.7 Å². The number of nitrogens with zero attached hydrogens (tertiary/aromatic N) is 5. The van der Waals surface area contributed by atoms with E-state index in [0.29, 0.717) is 32.4 Å². The van der Waals surface area contributed by atoms with Gasteiger partial charge in [-0.2, -0.15) is 0 Å². The van der Waals surface area contributed by atoms with Crippen molar-refractivity contribution in [2.24, 2.45) is 5.92 Å². The maximum Gasteiger partial charge on any atom is 0.415 e. The molecule has 230 valence electrons. The zero-order chi connectivity index (χ0) is 31.0. The normalized spacial score (nSPS) is 23.6. The average molecular weight is 606 g/mol. The van der Waals surface area contributed by atoms with Crippen LogP contribution in [0.1, 0.15) is 54.5 Å². The molecule has 4 heterocycles. The number of fused-ring (bicyclic) bond motifs is 1. The molecule has 15 heteroatoms. The number of nitrogen functional groups attached to an aromatic ring is 1. The lowest BCUT2D eigenvalue weighted by atomic mass is 9.94. The van der Waals surface area contributed by atoms with Crippen molar-refractivity contribution in [3.63, 3.8) is 0 Å². The van der Waals surface area contributed by atoms with Crippen molar-refractivity contribution in [3.05, 3.63) is 42.0 Å². The maximum atomic E-state index is 12.5. The number of benzene rings is 1. The van der Waals surface area contributed by atoms with Crippen molar-refractivity contribution in [1.29, 1.82) is 0 Å². The second-order valence-corrected chi connectivity index (χ2v) is 11.1. The Morgan fingerprint density at radius 3 is 2.48 bits per heavy atom. The number of piperidine rings is 1. The number of aromatic carboxylic acids is 1. The highest BCUT2D eigenvalue weighted by atomic mass is 16.6. The van der Waals surface area contributed by atoms with E-state index in [1.165, 1.54) is 35.2 Å². The summed E-state index contributed by atoms with van der Waals surface area (Å²) in [6, 6.07) is 5.71. The van der Waals surface area contributed by atoms with Gasteiger partial charge in [0.15, 0.2) is 23.8 Å². The number of ether oxygens (including phenoxy) is 2. The number of carbonyl (C=O) groups excluding carboxylic acids is 2. The summed E-state index contributed by atoms with van der Waals surface area (Å²) < 4.78 is 12.5. The van der Waals surface area contributed by atoms with E-state index in [-0.39, 0.29) is 46.1 Å². The topological polar surface area (TPSA) is 215 Å². The smallest absolute Gasteiger partial charge is 0.415 e. The number of carboxylic acids is 1. The van der Waals surface area contributed by atoms with Crippen molar-refractivity contribution in [2.75, 3.05) is 18.8 Å². The van der Waals surface area contributed by atoms with Gasteiger partial charge in [0.05, 0.1) is 11.9 Å². The third-order valence-corrected chi connectivity index (χ3v) is 7.91. The second-order valence-electron chi connectivity index (χ2n) is 11.1. The molecule has 2 saturated heterocycles. The number of hydrogen-bond donors (Lipinski definition) is 5. The van der Waals surface area contributed by atoms with E-state index in [9.17, 15) is 24.6 Å². The summed E-state index contributed by atoms with van der Waals surface area (Å²) in [6.45, 7) is 0.977. The van der Waals surface area contributed by atoms with E-state index in [1.54, 1.807) is 4.90 Å². The molecule has 6 rings (SSSR count). The summed E-state index contributed by atoms with van der Waals surface area (Å²) in [6.07, 6.45) is -0.647. The van der Waals surface area contributed by atoms with Gasteiger partial charge in [0.1, 0.15) is 23.5 Å². The number of hydrogen-bond acceptors (Lipinski definition) is 11. The third-order valence-electron chi connectivity index (χ3n) is 7.91. The number of anilines is 1. The lowest BCUT2D eigenvalue weighted by molar-refractivity contribution is -0.137. The molecule has 3 aromatic rings. The summed E-state index contributed by atoms with van der Waals surface area (Å²) in [5.41, 5.74) is 6.73. The van der Waals surface area contributed by atoms with Crippen LogP contribution in [0.25, 0.3) is 11.2 Å². The molecule has 3 aliphatic rings. The summed E-state index contributed by atoms with van der Waals surface area (Å²) in [4.78, 5) is 50.5. The minimum atomic E-state index is -1.44. The largest absolute Gasteiger partial charge is 0.478 e. The molecule has 0 radical (unpaired) electrons. The van der Waals surface area contributed by atoms with Gasteiger partial charge in [-0.15, -0.1) is 0 Å². The van der Waals surface area contributed by atoms with Gasteiger partial charge in [0, 0.05) is 25.6 Å². The second kappa shape index (κ2) is 12.1. The van der Waals surface area contributed by atoms with Crippen LogP contribution in [0.5, 0.6) is 5.75 Å². The van der Waals surface area contributed by atoms with E-state index in [2.05, 4.69) is 32.1 Å². The highest BCUT2D eigenvalue weighted by Crippen LogP contribution is 2.33. The molecule has 4 atom stereocenters. The van der Waals surface area contributed by atoms with E-state index < -0.39 is 42.5 Å².